The van der Waals surface area contributed by atoms with Crippen LogP contribution in [0.5, 0.6) is 0 Å². The first-order valence-corrected chi connectivity index (χ1v) is 4.79. The highest BCUT2D eigenvalue weighted by Crippen LogP contribution is 2.21. The molecule has 13 heavy (non-hydrogen) atoms. The van der Waals surface area contributed by atoms with E-state index in [1.165, 1.54) is 5.57 Å². The number of hydrogen-bond acceptors (Lipinski definition) is 1. The van der Waals surface area contributed by atoms with Crippen LogP contribution in [-0.4, -0.2) is 6.10 Å². The van der Waals surface area contributed by atoms with Crippen LogP contribution < -0.4 is 0 Å². The molecule has 1 aliphatic carbocycles. The first kappa shape index (κ1) is 10.1. The molecule has 0 amide bonds. The summed E-state index contributed by atoms with van der Waals surface area (Å²) in [6.45, 7) is 8.28. The predicted octanol–water partition coefficient (Wildman–Crippen LogP) is 3.45. The van der Waals surface area contributed by atoms with Gasteiger partial charge in [0, 0.05) is 5.92 Å². The van der Waals surface area contributed by atoms with Crippen LogP contribution in [0.3, 0.4) is 0 Å². The lowest BCUT2D eigenvalue weighted by Gasteiger charge is -2.23. The maximum atomic E-state index is 5.73. The van der Waals surface area contributed by atoms with Gasteiger partial charge in [0.25, 0.3) is 0 Å². The van der Waals surface area contributed by atoms with Crippen molar-refractivity contribution in [1.82, 2.24) is 0 Å². The van der Waals surface area contributed by atoms with E-state index in [2.05, 4.69) is 32.1 Å². The summed E-state index contributed by atoms with van der Waals surface area (Å²) in [6, 6.07) is 0. The minimum absolute atomic E-state index is 0.208. The van der Waals surface area contributed by atoms with Gasteiger partial charge in [-0.15, -0.1) is 0 Å². The van der Waals surface area contributed by atoms with Gasteiger partial charge in [-0.05, 0) is 32.9 Å². The molecule has 0 spiro atoms. The summed E-state index contributed by atoms with van der Waals surface area (Å²) in [4.78, 5) is 0. The molecule has 0 heterocycles. The first-order chi connectivity index (χ1) is 6.13. The molecular formula is C12H18O. The van der Waals surface area contributed by atoms with Gasteiger partial charge >= 0.3 is 0 Å². The van der Waals surface area contributed by atoms with Crippen LogP contribution in [0, 0.1) is 5.92 Å². The maximum absolute atomic E-state index is 5.73. The second-order valence-electron chi connectivity index (χ2n) is 3.61. The molecule has 0 aliphatic heterocycles. The minimum Gasteiger partial charge on any atom is -0.491 e. The van der Waals surface area contributed by atoms with Crippen molar-refractivity contribution in [3.8, 4) is 0 Å². The van der Waals surface area contributed by atoms with Crippen molar-refractivity contribution in [3.63, 3.8) is 0 Å². The molecule has 0 aromatic rings. The first-order valence-electron chi connectivity index (χ1n) is 4.79. The molecular weight excluding hydrogens is 160 g/mol. The quantitative estimate of drug-likeness (QED) is 0.588. The third-order valence-corrected chi connectivity index (χ3v) is 2.32. The van der Waals surface area contributed by atoms with Crippen LogP contribution in [0.2, 0.25) is 0 Å². The highest BCUT2D eigenvalue weighted by Gasteiger charge is 2.16. The molecule has 0 aromatic heterocycles. The van der Waals surface area contributed by atoms with E-state index in [9.17, 15) is 0 Å². The van der Waals surface area contributed by atoms with Crippen LogP contribution >= 0.6 is 0 Å². The summed E-state index contributed by atoms with van der Waals surface area (Å²) in [5, 5.41) is 0. The van der Waals surface area contributed by atoms with Gasteiger partial charge in [0.2, 0.25) is 0 Å². The summed E-state index contributed by atoms with van der Waals surface area (Å²) >= 11 is 0. The van der Waals surface area contributed by atoms with Gasteiger partial charge in [-0.25, -0.2) is 0 Å². The molecule has 0 radical (unpaired) electrons. The van der Waals surface area contributed by atoms with E-state index in [4.69, 9.17) is 4.74 Å². The molecule has 0 bridgehead atoms. The van der Waals surface area contributed by atoms with Gasteiger partial charge in [-0.1, -0.05) is 24.6 Å². The van der Waals surface area contributed by atoms with Crippen molar-refractivity contribution in [3.05, 3.63) is 35.6 Å². The molecule has 0 saturated carbocycles. The Morgan fingerprint density at radius 2 is 2.23 bits per heavy atom. The fourth-order valence-corrected chi connectivity index (χ4v) is 1.42. The Labute approximate surface area is 80.8 Å². The highest BCUT2D eigenvalue weighted by molar-refractivity contribution is 5.24. The van der Waals surface area contributed by atoms with Gasteiger partial charge in [-0.2, -0.15) is 0 Å². The molecule has 0 saturated heterocycles. The lowest BCUT2D eigenvalue weighted by molar-refractivity contribution is 0.125. The molecule has 0 aromatic carbocycles. The molecule has 1 heteroatoms. The van der Waals surface area contributed by atoms with Crippen molar-refractivity contribution < 1.29 is 4.74 Å². The topological polar surface area (TPSA) is 9.23 Å². The van der Waals surface area contributed by atoms with Crippen LogP contribution in [-0.2, 0) is 4.74 Å². The van der Waals surface area contributed by atoms with Crippen molar-refractivity contribution in [2.24, 2.45) is 5.92 Å². The largest absolute Gasteiger partial charge is 0.491 e. The van der Waals surface area contributed by atoms with E-state index in [-0.39, 0.29) is 6.10 Å². The molecule has 2 unspecified atom stereocenters. The molecule has 0 N–H and O–H groups in total. The molecule has 1 aliphatic rings. The summed E-state index contributed by atoms with van der Waals surface area (Å²) < 4.78 is 5.73. The molecule has 2 atom stereocenters. The average Bonchev–Trinajstić information content (AvgIpc) is 2.09. The smallest absolute Gasteiger partial charge is 0.123 e. The Morgan fingerprint density at radius 1 is 1.54 bits per heavy atom. The molecule has 72 valence electrons. The van der Waals surface area contributed by atoms with Crippen LogP contribution in [0.1, 0.15) is 27.7 Å². The number of allylic oxidation sites excluding steroid dienone is 4. The summed E-state index contributed by atoms with van der Waals surface area (Å²) in [5.41, 5.74) is 1.32. The van der Waals surface area contributed by atoms with Gasteiger partial charge in [0.15, 0.2) is 0 Å². The standard InChI is InChI=1S/C12H18O/c1-5-11(4)13-12-7-6-9(2)8-10(12)3/h5-8,10,12H,1-4H3. The van der Waals surface area contributed by atoms with E-state index >= 15 is 0 Å². The third kappa shape index (κ3) is 2.76. The Bertz CT molecular complexity index is 258. The Hall–Kier alpha value is -0.980. The zero-order valence-corrected chi connectivity index (χ0v) is 8.87. The minimum atomic E-state index is 0.208. The second kappa shape index (κ2) is 4.31. The zero-order valence-electron chi connectivity index (χ0n) is 8.87. The van der Waals surface area contributed by atoms with Crippen molar-refractivity contribution in [2.45, 2.75) is 33.8 Å². The molecule has 0 fully saturated rings. The summed E-state index contributed by atoms with van der Waals surface area (Å²) in [7, 11) is 0. The lowest BCUT2D eigenvalue weighted by Crippen LogP contribution is -2.19. The maximum Gasteiger partial charge on any atom is 0.123 e. The van der Waals surface area contributed by atoms with E-state index in [0.717, 1.165) is 5.76 Å². The molecule has 1 rings (SSSR count). The van der Waals surface area contributed by atoms with Gasteiger partial charge < -0.3 is 4.74 Å². The number of ether oxygens (including phenoxy) is 1. The fourth-order valence-electron chi connectivity index (χ4n) is 1.42. The van der Waals surface area contributed by atoms with E-state index in [1.54, 1.807) is 0 Å². The van der Waals surface area contributed by atoms with Crippen LogP contribution in [0.4, 0.5) is 0 Å². The molecule has 1 nitrogen and oxygen atoms in total. The second-order valence-corrected chi connectivity index (χ2v) is 3.61. The monoisotopic (exact) mass is 178 g/mol. The Morgan fingerprint density at radius 3 is 2.77 bits per heavy atom. The van der Waals surface area contributed by atoms with Gasteiger partial charge in [0.1, 0.15) is 6.10 Å². The van der Waals surface area contributed by atoms with Crippen LogP contribution in [0.25, 0.3) is 0 Å². The van der Waals surface area contributed by atoms with Gasteiger partial charge in [-0.3, -0.25) is 0 Å². The normalized spacial score (nSPS) is 28.6. The zero-order chi connectivity index (χ0) is 9.84. The Kier molecular flexibility index (Phi) is 3.35. The summed E-state index contributed by atoms with van der Waals surface area (Å²) in [6.07, 6.45) is 8.69. The van der Waals surface area contributed by atoms with Gasteiger partial charge in [0.05, 0.1) is 5.76 Å². The predicted molar refractivity (Wildman–Crippen MR) is 56.4 cm³/mol. The van der Waals surface area contributed by atoms with E-state index in [1.807, 2.05) is 19.9 Å². The lowest BCUT2D eigenvalue weighted by atomic mass is 9.96. The SMILES string of the molecule is CC=C(C)OC1C=CC(C)=CC1C. The van der Waals surface area contributed by atoms with Crippen molar-refractivity contribution in [1.29, 1.82) is 0 Å². The van der Waals surface area contributed by atoms with E-state index < -0.39 is 0 Å². The Balaban J connectivity index is 2.60. The average molecular weight is 178 g/mol. The van der Waals surface area contributed by atoms with Crippen molar-refractivity contribution >= 4 is 0 Å². The van der Waals surface area contributed by atoms with Crippen molar-refractivity contribution in [2.75, 3.05) is 0 Å². The van der Waals surface area contributed by atoms with Crippen LogP contribution in [0.15, 0.2) is 35.6 Å². The van der Waals surface area contributed by atoms with E-state index in [0.29, 0.717) is 5.92 Å². The fraction of sp³-hybridized carbons (Fsp3) is 0.500. The number of rotatable bonds is 2. The highest BCUT2D eigenvalue weighted by atomic mass is 16.5. The number of hydrogen-bond donors (Lipinski definition) is 0. The third-order valence-electron chi connectivity index (χ3n) is 2.32. The summed E-state index contributed by atoms with van der Waals surface area (Å²) in [5.74, 6) is 1.47.